The van der Waals surface area contributed by atoms with E-state index in [0.717, 1.165) is 0 Å². The van der Waals surface area contributed by atoms with Crippen molar-refractivity contribution in [3.8, 4) is 0 Å². The fraction of sp³-hybridized carbons (Fsp3) is 0.938. The quantitative estimate of drug-likeness (QED) is 0.385. The van der Waals surface area contributed by atoms with E-state index >= 15 is 0 Å². The van der Waals surface area contributed by atoms with Gasteiger partial charge in [-0.2, -0.15) is 12.7 Å². The van der Waals surface area contributed by atoms with Crippen LogP contribution in [-0.2, 0) is 19.7 Å². The summed E-state index contributed by atoms with van der Waals surface area (Å²) in [6.45, 7) is 1.79. The third kappa shape index (κ3) is 7.38. The van der Waals surface area contributed by atoms with Crippen molar-refractivity contribution >= 4 is 28.6 Å². The Balaban J connectivity index is 0.00000312. The van der Waals surface area contributed by atoms with Crippen molar-refractivity contribution in [2.75, 3.05) is 33.3 Å². The van der Waals surface area contributed by atoms with Crippen LogP contribution in [0.5, 0.6) is 0 Å². The van der Waals surface area contributed by atoms with Crippen molar-refractivity contribution in [3.05, 3.63) is 0 Å². The molecule has 0 aromatic heterocycles. The molecular weight excluding hydrogens is 366 g/mol. The number of halogens is 1. The lowest BCUT2D eigenvalue weighted by molar-refractivity contribution is -0.146. The summed E-state index contributed by atoms with van der Waals surface area (Å²) in [4.78, 5) is 11.5. The monoisotopic (exact) mass is 397 g/mol. The molecule has 2 rings (SSSR count). The Bertz CT molecular complexity index is 488. The predicted octanol–water partition coefficient (Wildman–Crippen LogP) is 1.44. The second-order valence-corrected chi connectivity index (χ2v) is 8.49. The number of methoxy groups -OCH3 is 1. The van der Waals surface area contributed by atoms with Gasteiger partial charge in [-0.05, 0) is 25.7 Å². The first-order chi connectivity index (χ1) is 11.5. The van der Waals surface area contributed by atoms with Crippen molar-refractivity contribution in [1.82, 2.24) is 14.3 Å². The largest absolute Gasteiger partial charge is 0.469 e. The lowest BCUT2D eigenvalue weighted by Gasteiger charge is -2.29. The van der Waals surface area contributed by atoms with E-state index in [4.69, 9.17) is 4.74 Å². The molecule has 1 heterocycles. The smallest absolute Gasteiger partial charge is 0.308 e. The van der Waals surface area contributed by atoms with Crippen LogP contribution in [0.2, 0.25) is 0 Å². The minimum Gasteiger partial charge on any atom is -0.469 e. The van der Waals surface area contributed by atoms with E-state index in [9.17, 15) is 13.2 Å². The molecule has 0 radical (unpaired) electrons. The Hall–Kier alpha value is -0.410. The first kappa shape index (κ1) is 22.6. The van der Waals surface area contributed by atoms with E-state index in [1.54, 1.807) is 0 Å². The molecule has 0 atom stereocenters. The third-order valence-corrected chi connectivity index (χ3v) is 6.64. The van der Waals surface area contributed by atoms with Crippen LogP contribution >= 0.6 is 12.4 Å². The molecule has 1 aliphatic heterocycles. The van der Waals surface area contributed by atoms with Crippen molar-refractivity contribution in [1.29, 1.82) is 0 Å². The molecule has 0 bridgehead atoms. The average molecular weight is 398 g/mol. The zero-order valence-corrected chi connectivity index (χ0v) is 16.7. The summed E-state index contributed by atoms with van der Waals surface area (Å²) < 4.78 is 33.4. The van der Waals surface area contributed by atoms with Crippen LogP contribution in [-0.4, -0.2) is 58.0 Å². The molecule has 2 aliphatic rings. The molecule has 7 nitrogen and oxygen atoms in total. The van der Waals surface area contributed by atoms with Crippen LogP contribution in [0.15, 0.2) is 0 Å². The lowest BCUT2D eigenvalue weighted by atomic mass is 9.99. The Morgan fingerprint density at radius 3 is 2.20 bits per heavy atom. The lowest BCUT2D eigenvalue weighted by Crippen LogP contribution is -2.47. The molecule has 9 heteroatoms. The minimum absolute atomic E-state index is 0. The van der Waals surface area contributed by atoms with E-state index in [1.165, 1.54) is 49.9 Å². The van der Waals surface area contributed by atoms with E-state index in [2.05, 4.69) is 10.0 Å². The van der Waals surface area contributed by atoms with Gasteiger partial charge in [-0.25, -0.2) is 4.72 Å². The first-order valence-electron chi connectivity index (χ1n) is 9.09. The fourth-order valence-corrected chi connectivity index (χ4v) is 4.76. The summed E-state index contributed by atoms with van der Waals surface area (Å²) in [5, 5.41) is 3.46. The van der Waals surface area contributed by atoms with Gasteiger partial charge in [-0.15, -0.1) is 12.4 Å². The SMILES string of the molecule is COC(=O)C1CCN(S(=O)(=O)NCCNC2CCCCCC2)CC1.Cl. The summed E-state index contributed by atoms with van der Waals surface area (Å²) in [6, 6.07) is 0.521. The molecule has 1 saturated carbocycles. The zero-order chi connectivity index (χ0) is 17.4. The fourth-order valence-electron chi connectivity index (χ4n) is 3.53. The number of piperidine rings is 1. The zero-order valence-electron chi connectivity index (χ0n) is 15.0. The highest BCUT2D eigenvalue weighted by Crippen LogP contribution is 2.20. The minimum atomic E-state index is -3.46. The molecule has 2 fully saturated rings. The van der Waals surface area contributed by atoms with Gasteiger partial charge >= 0.3 is 5.97 Å². The number of ether oxygens (including phenoxy) is 1. The average Bonchev–Trinajstić information content (AvgIpc) is 2.87. The van der Waals surface area contributed by atoms with Crippen molar-refractivity contribution in [2.24, 2.45) is 5.92 Å². The summed E-state index contributed by atoms with van der Waals surface area (Å²) in [5.41, 5.74) is 0. The third-order valence-electron chi connectivity index (χ3n) is 5.03. The molecule has 0 spiro atoms. The van der Waals surface area contributed by atoms with Gasteiger partial charge in [-0.3, -0.25) is 4.79 Å². The Morgan fingerprint density at radius 2 is 1.64 bits per heavy atom. The van der Waals surface area contributed by atoms with Crippen LogP contribution in [0.3, 0.4) is 0 Å². The van der Waals surface area contributed by atoms with Gasteiger partial charge in [0, 0.05) is 32.2 Å². The molecule has 148 valence electrons. The number of nitrogens with zero attached hydrogens (tertiary/aromatic N) is 1. The maximum absolute atomic E-state index is 12.3. The predicted molar refractivity (Wildman–Crippen MR) is 100.0 cm³/mol. The second kappa shape index (κ2) is 11.3. The van der Waals surface area contributed by atoms with E-state index in [1.807, 2.05) is 0 Å². The molecule has 0 amide bonds. The van der Waals surface area contributed by atoms with Crippen molar-refractivity contribution in [2.45, 2.75) is 57.4 Å². The van der Waals surface area contributed by atoms with Crippen LogP contribution in [0.4, 0.5) is 0 Å². The molecule has 2 N–H and O–H groups in total. The molecule has 0 aromatic rings. The van der Waals surface area contributed by atoms with Gasteiger partial charge < -0.3 is 10.1 Å². The number of carbonyl (C=O) groups is 1. The Morgan fingerprint density at radius 1 is 1.04 bits per heavy atom. The van der Waals surface area contributed by atoms with E-state index in [-0.39, 0.29) is 24.3 Å². The number of nitrogens with one attached hydrogen (secondary N) is 2. The Labute approximate surface area is 157 Å². The first-order valence-corrected chi connectivity index (χ1v) is 10.5. The number of hydrogen-bond acceptors (Lipinski definition) is 5. The summed E-state index contributed by atoms with van der Waals surface area (Å²) in [6.07, 6.45) is 8.57. The van der Waals surface area contributed by atoms with E-state index in [0.29, 0.717) is 45.1 Å². The van der Waals surface area contributed by atoms with Gasteiger partial charge in [0.15, 0.2) is 0 Å². The summed E-state index contributed by atoms with van der Waals surface area (Å²) >= 11 is 0. The highest BCUT2D eigenvalue weighted by Gasteiger charge is 2.31. The normalized spacial score (nSPS) is 21.3. The summed E-state index contributed by atoms with van der Waals surface area (Å²) in [7, 11) is -2.09. The van der Waals surface area contributed by atoms with Crippen LogP contribution in [0.25, 0.3) is 0 Å². The van der Waals surface area contributed by atoms with Gasteiger partial charge in [-0.1, -0.05) is 25.7 Å². The van der Waals surface area contributed by atoms with Gasteiger partial charge in [0.05, 0.1) is 13.0 Å². The number of rotatable bonds is 7. The van der Waals surface area contributed by atoms with Crippen molar-refractivity contribution in [3.63, 3.8) is 0 Å². The molecule has 1 aliphatic carbocycles. The van der Waals surface area contributed by atoms with E-state index < -0.39 is 10.2 Å². The molecule has 1 saturated heterocycles. The van der Waals surface area contributed by atoms with Gasteiger partial charge in [0.1, 0.15) is 0 Å². The number of carbonyl (C=O) groups excluding carboxylic acids is 1. The second-order valence-electron chi connectivity index (χ2n) is 6.74. The highest BCUT2D eigenvalue weighted by atomic mass is 35.5. The van der Waals surface area contributed by atoms with Crippen molar-refractivity contribution < 1.29 is 17.9 Å². The number of hydrogen-bond donors (Lipinski definition) is 2. The van der Waals surface area contributed by atoms with Gasteiger partial charge in [0.2, 0.25) is 0 Å². The Kier molecular flexibility index (Phi) is 10.3. The molecule has 0 unspecified atom stereocenters. The van der Waals surface area contributed by atoms with Crippen LogP contribution in [0.1, 0.15) is 51.4 Å². The van der Waals surface area contributed by atoms with Gasteiger partial charge in [0.25, 0.3) is 10.2 Å². The molecule has 25 heavy (non-hydrogen) atoms. The summed E-state index contributed by atoms with van der Waals surface area (Å²) in [5.74, 6) is -0.425. The maximum atomic E-state index is 12.3. The van der Waals surface area contributed by atoms with Crippen LogP contribution < -0.4 is 10.0 Å². The standard InChI is InChI=1S/C16H31N3O4S.ClH/c1-23-16(20)14-8-12-19(13-9-14)24(21,22)18-11-10-17-15-6-4-2-3-5-7-15;/h14-15,17-18H,2-13H2,1H3;1H. The maximum Gasteiger partial charge on any atom is 0.308 e. The highest BCUT2D eigenvalue weighted by molar-refractivity contribution is 7.87. The van der Waals surface area contributed by atoms with Crippen LogP contribution in [0, 0.1) is 5.92 Å². The molecule has 0 aromatic carbocycles. The number of esters is 1. The topological polar surface area (TPSA) is 87.7 Å². The molecular formula is C16H32ClN3O4S.